The number of likely N-dealkylation sites (tertiary alicyclic amines) is 1. The number of carbonyl (C=O) groups excluding carboxylic acids is 1. The topological polar surface area (TPSA) is 98.4 Å². The van der Waals surface area contributed by atoms with Gasteiger partial charge in [-0.3, -0.25) is 4.79 Å². The zero-order valence-corrected chi connectivity index (χ0v) is 18.6. The van der Waals surface area contributed by atoms with Crippen LogP contribution in [0.4, 0.5) is 0 Å². The lowest BCUT2D eigenvalue weighted by molar-refractivity contribution is -0.119. The van der Waals surface area contributed by atoms with Crippen molar-refractivity contribution in [2.75, 3.05) is 39.5 Å². The molecule has 31 heavy (non-hydrogen) atoms. The Kier molecular flexibility index (Phi) is 9.42. The van der Waals surface area contributed by atoms with Gasteiger partial charge in [0.2, 0.25) is 0 Å². The van der Waals surface area contributed by atoms with Crippen molar-refractivity contribution in [1.29, 1.82) is 0 Å². The molecule has 0 spiro atoms. The van der Waals surface area contributed by atoms with Crippen LogP contribution in [0.15, 0.2) is 29.3 Å². The Morgan fingerprint density at radius 3 is 2.84 bits per heavy atom. The van der Waals surface area contributed by atoms with E-state index in [1.807, 2.05) is 24.3 Å². The Labute approximate surface area is 185 Å². The first-order chi connectivity index (χ1) is 15.1. The Balaban J connectivity index is 1.48. The van der Waals surface area contributed by atoms with Gasteiger partial charge in [0, 0.05) is 26.2 Å². The maximum Gasteiger partial charge on any atom is 0.255 e. The molecule has 0 radical (unpaired) electrons. The fourth-order valence-electron chi connectivity index (χ4n) is 3.90. The molecule has 0 saturated carbocycles. The van der Waals surface area contributed by atoms with Crippen molar-refractivity contribution in [3.8, 4) is 5.75 Å². The fraction of sp³-hybridized carbons (Fsp3) is 0.652. The zero-order chi connectivity index (χ0) is 21.9. The van der Waals surface area contributed by atoms with Gasteiger partial charge in [-0.15, -0.1) is 0 Å². The van der Waals surface area contributed by atoms with Gasteiger partial charge in [0.25, 0.3) is 5.91 Å². The van der Waals surface area contributed by atoms with E-state index in [-0.39, 0.29) is 12.7 Å². The SMILES string of the molecule is CCNC(=NCc1cccc(OCC(N)=O)c1)N1CCC(OCC2CCCCO2)CC1. The van der Waals surface area contributed by atoms with E-state index < -0.39 is 5.91 Å². The van der Waals surface area contributed by atoms with Crippen LogP contribution in [0.2, 0.25) is 0 Å². The molecule has 3 rings (SSSR count). The predicted molar refractivity (Wildman–Crippen MR) is 120 cm³/mol. The Morgan fingerprint density at radius 1 is 1.29 bits per heavy atom. The molecular weight excluding hydrogens is 396 g/mol. The number of nitrogens with zero attached hydrogens (tertiary/aromatic N) is 2. The van der Waals surface area contributed by atoms with E-state index in [0.717, 1.165) is 57.0 Å². The molecular formula is C23H36N4O4. The van der Waals surface area contributed by atoms with E-state index in [4.69, 9.17) is 24.9 Å². The number of primary amides is 1. The minimum Gasteiger partial charge on any atom is -0.484 e. The summed E-state index contributed by atoms with van der Waals surface area (Å²) in [5, 5.41) is 3.40. The van der Waals surface area contributed by atoms with Gasteiger partial charge in [-0.25, -0.2) is 4.99 Å². The van der Waals surface area contributed by atoms with Gasteiger partial charge >= 0.3 is 0 Å². The maximum atomic E-state index is 10.9. The summed E-state index contributed by atoms with van der Waals surface area (Å²) in [6, 6.07) is 7.60. The number of guanidine groups is 1. The molecule has 0 bridgehead atoms. The van der Waals surface area contributed by atoms with E-state index in [9.17, 15) is 4.79 Å². The van der Waals surface area contributed by atoms with Gasteiger partial charge in [-0.05, 0) is 56.7 Å². The summed E-state index contributed by atoms with van der Waals surface area (Å²) in [7, 11) is 0. The molecule has 0 aromatic heterocycles. The molecule has 0 aliphatic carbocycles. The van der Waals surface area contributed by atoms with Crippen molar-refractivity contribution in [2.24, 2.45) is 10.7 Å². The maximum absolute atomic E-state index is 10.9. The molecule has 8 nitrogen and oxygen atoms in total. The number of benzene rings is 1. The Bertz CT molecular complexity index is 713. The molecule has 2 aliphatic heterocycles. The number of carbonyl (C=O) groups is 1. The van der Waals surface area contributed by atoms with Crippen LogP contribution < -0.4 is 15.8 Å². The summed E-state index contributed by atoms with van der Waals surface area (Å²) in [5.41, 5.74) is 6.16. The van der Waals surface area contributed by atoms with Crippen LogP contribution in [-0.4, -0.2) is 68.4 Å². The summed E-state index contributed by atoms with van der Waals surface area (Å²) in [4.78, 5) is 18.0. The first kappa shape index (κ1) is 23.3. The lowest BCUT2D eigenvalue weighted by atomic mass is 10.1. The summed E-state index contributed by atoms with van der Waals surface area (Å²) in [6.07, 6.45) is 6.09. The van der Waals surface area contributed by atoms with E-state index >= 15 is 0 Å². The monoisotopic (exact) mass is 432 g/mol. The van der Waals surface area contributed by atoms with Crippen molar-refractivity contribution in [2.45, 2.75) is 57.8 Å². The highest BCUT2D eigenvalue weighted by Crippen LogP contribution is 2.19. The number of nitrogens with two attached hydrogens (primary N) is 1. The molecule has 1 amide bonds. The molecule has 172 valence electrons. The highest BCUT2D eigenvalue weighted by atomic mass is 16.5. The molecule has 2 heterocycles. The number of hydrogen-bond acceptors (Lipinski definition) is 5. The molecule has 2 saturated heterocycles. The highest BCUT2D eigenvalue weighted by molar-refractivity contribution is 5.80. The van der Waals surface area contributed by atoms with Crippen LogP contribution in [0.25, 0.3) is 0 Å². The minimum atomic E-state index is -0.489. The first-order valence-corrected chi connectivity index (χ1v) is 11.4. The third-order valence-electron chi connectivity index (χ3n) is 5.56. The molecule has 1 atom stereocenters. The van der Waals surface area contributed by atoms with Gasteiger partial charge in [-0.2, -0.15) is 0 Å². The molecule has 8 heteroatoms. The smallest absolute Gasteiger partial charge is 0.255 e. The highest BCUT2D eigenvalue weighted by Gasteiger charge is 2.23. The molecule has 2 fully saturated rings. The molecule has 2 aliphatic rings. The Morgan fingerprint density at radius 2 is 2.13 bits per heavy atom. The van der Waals surface area contributed by atoms with Gasteiger partial charge < -0.3 is 30.2 Å². The minimum absolute atomic E-state index is 0.126. The summed E-state index contributed by atoms with van der Waals surface area (Å²) in [6.45, 7) is 6.73. The fourth-order valence-corrected chi connectivity index (χ4v) is 3.90. The summed E-state index contributed by atoms with van der Waals surface area (Å²) in [5.74, 6) is 1.05. The lowest BCUT2D eigenvalue weighted by Crippen LogP contribution is -2.47. The number of aliphatic imine (C=N–C) groups is 1. The van der Waals surface area contributed by atoms with Crippen LogP contribution in [0, 0.1) is 0 Å². The number of nitrogens with one attached hydrogen (secondary N) is 1. The average Bonchev–Trinajstić information content (AvgIpc) is 2.80. The second-order valence-electron chi connectivity index (χ2n) is 8.08. The standard InChI is InChI=1S/C23H36N4O4/c1-2-25-23(26-15-18-6-5-8-20(14-18)31-17-22(24)28)27-11-9-19(10-12-27)30-16-21-7-3-4-13-29-21/h5-6,8,14,19,21H,2-4,7,9-13,15-17H2,1H3,(H2,24,28)(H,25,26). The van der Waals surface area contributed by atoms with Gasteiger partial charge in [0.1, 0.15) is 5.75 Å². The van der Waals surface area contributed by atoms with Crippen LogP contribution in [0.3, 0.4) is 0 Å². The number of amides is 1. The summed E-state index contributed by atoms with van der Waals surface area (Å²) < 4.78 is 17.3. The quantitative estimate of drug-likeness (QED) is 0.458. The van der Waals surface area contributed by atoms with Crippen molar-refractivity contribution in [1.82, 2.24) is 10.2 Å². The average molecular weight is 433 g/mol. The van der Waals surface area contributed by atoms with Crippen molar-refractivity contribution in [3.05, 3.63) is 29.8 Å². The third-order valence-corrected chi connectivity index (χ3v) is 5.56. The van der Waals surface area contributed by atoms with E-state index in [0.29, 0.717) is 25.0 Å². The van der Waals surface area contributed by atoms with Crippen LogP contribution >= 0.6 is 0 Å². The second-order valence-corrected chi connectivity index (χ2v) is 8.08. The zero-order valence-electron chi connectivity index (χ0n) is 18.6. The molecule has 1 aromatic carbocycles. The van der Waals surface area contributed by atoms with Crippen LogP contribution in [0.5, 0.6) is 5.75 Å². The first-order valence-electron chi connectivity index (χ1n) is 11.4. The van der Waals surface area contributed by atoms with E-state index in [1.165, 1.54) is 12.8 Å². The predicted octanol–water partition coefficient (Wildman–Crippen LogP) is 2.07. The van der Waals surface area contributed by atoms with E-state index in [1.54, 1.807) is 0 Å². The van der Waals surface area contributed by atoms with Crippen molar-refractivity contribution >= 4 is 11.9 Å². The molecule has 3 N–H and O–H groups in total. The molecule has 1 aromatic rings. The Hall–Kier alpha value is -2.32. The molecule has 1 unspecified atom stereocenters. The summed E-state index contributed by atoms with van der Waals surface area (Å²) >= 11 is 0. The van der Waals surface area contributed by atoms with Gasteiger partial charge in [0.05, 0.1) is 25.4 Å². The second kappa shape index (κ2) is 12.5. The normalized spacial score (nSPS) is 20.5. The van der Waals surface area contributed by atoms with Crippen molar-refractivity contribution in [3.63, 3.8) is 0 Å². The lowest BCUT2D eigenvalue weighted by Gasteiger charge is -2.35. The van der Waals surface area contributed by atoms with Crippen LogP contribution in [0.1, 0.15) is 44.6 Å². The largest absolute Gasteiger partial charge is 0.484 e. The number of rotatable bonds is 9. The van der Waals surface area contributed by atoms with E-state index in [2.05, 4.69) is 17.1 Å². The van der Waals surface area contributed by atoms with Crippen LogP contribution in [-0.2, 0) is 20.8 Å². The van der Waals surface area contributed by atoms with Gasteiger partial charge in [0.15, 0.2) is 12.6 Å². The number of piperidine rings is 1. The number of ether oxygens (including phenoxy) is 3. The van der Waals surface area contributed by atoms with Crippen molar-refractivity contribution < 1.29 is 19.0 Å². The van der Waals surface area contributed by atoms with Gasteiger partial charge in [-0.1, -0.05) is 12.1 Å². The number of hydrogen-bond donors (Lipinski definition) is 2. The third kappa shape index (κ3) is 8.03.